The first-order valence-corrected chi connectivity index (χ1v) is 4.31. The zero-order valence-corrected chi connectivity index (χ0v) is 8.09. The molecule has 62 valence electrons. The second kappa shape index (κ2) is 2.83. The Labute approximate surface area is 78.3 Å². The Balaban J connectivity index is 2.73. The first-order chi connectivity index (χ1) is 5.81. The fraction of sp³-hybridized carbons (Fsp3) is 0.111. The van der Waals surface area contributed by atoms with Gasteiger partial charge in [0.15, 0.2) is 0 Å². The number of halogens is 1. The van der Waals surface area contributed by atoms with E-state index in [0.717, 1.165) is 21.2 Å². The standard InChI is InChI=1S/C9H7BrO2/c1-11-9-5-8-6(2-3-12-8)4-7(9)10/h2-5H,1H3. The molecule has 2 rings (SSSR count). The van der Waals surface area contributed by atoms with Crippen LogP contribution in [0.2, 0.25) is 0 Å². The Hall–Kier alpha value is -0.960. The minimum Gasteiger partial charge on any atom is -0.495 e. The van der Waals surface area contributed by atoms with Gasteiger partial charge in [-0.1, -0.05) is 0 Å². The second-order valence-electron chi connectivity index (χ2n) is 2.45. The number of benzene rings is 1. The predicted molar refractivity (Wildman–Crippen MR) is 50.5 cm³/mol. The van der Waals surface area contributed by atoms with Crippen molar-refractivity contribution >= 4 is 26.9 Å². The zero-order valence-electron chi connectivity index (χ0n) is 6.50. The third-order valence-electron chi connectivity index (χ3n) is 1.73. The monoisotopic (exact) mass is 226 g/mol. The van der Waals surface area contributed by atoms with Gasteiger partial charge in [-0.15, -0.1) is 0 Å². The maximum absolute atomic E-state index is 5.21. The van der Waals surface area contributed by atoms with Gasteiger partial charge < -0.3 is 9.15 Å². The van der Waals surface area contributed by atoms with E-state index < -0.39 is 0 Å². The second-order valence-corrected chi connectivity index (χ2v) is 3.30. The quantitative estimate of drug-likeness (QED) is 0.746. The third-order valence-corrected chi connectivity index (χ3v) is 2.35. The fourth-order valence-corrected chi connectivity index (χ4v) is 1.64. The molecule has 0 amide bonds. The molecule has 0 atom stereocenters. The van der Waals surface area contributed by atoms with Crippen LogP contribution >= 0.6 is 15.9 Å². The summed E-state index contributed by atoms with van der Waals surface area (Å²) >= 11 is 3.40. The Morgan fingerprint density at radius 2 is 2.25 bits per heavy atom. The molecule has 12 heavy (non-hydrogen) atoms. The summed E-state index contributed by atoms with van der Waals surface area (Å²) in [7, 11) is 1.63. The molecule has 0 fully saturated rings. The lowest BCUT2D eigenvalue weighted by Gasteiger charge is -2.01. The largest absolute Gasteiger partial charge is 0.495 e. The highest BCUT2D eigenvalue weighted by molar-refractivity contribution is 9.10. The normalized spacial score (nSPS) is 10.5. The molecule has 3 heteroatoms. The van der Waals surface area contributed by atoms with Crippen molar-refractivity contribution in [1.29, 1.82) is 0 Å². The van der Waals surface area contributed by atoms with E-state index >= 15 is 0 Å². The lowest BCUT2D eigenvalue weighted by Crippen LogP contribution is -1.82. The van der Waals surface area contributed by atoms with Crippen molar-refractivity contribution in [2.45, 2.75) is 0 Å². The van der Waals surface area contributed by atoms with Crippen LogP contribution in [0.3, 0.4) is 0 Å². The first-order valence-electron chi connectivity index (χ1n) is 3.52. The van der Waals surface area contributed by atoms with Crippen LogP contribution in [0.4, 0.5) is 0 Å². The number of hydrogen-bond acceptors (Lipinski definition) is 2. The molecule has 1 aromatic carbocycles. The van der Waals surface area contributed by atoms with Gasteiger partial charge in [-0.3, -0.25) is 0 Å². The molecule has 0 bridgehead atoms. The van der Waals surface area contributed by atoms with Gasteiger partial charge in [-0.2, -0.15) is 0 Å². The van der Waals surface area contributed by atoms with Crippen LogP contribution in [-0.4, -0.2) is 7.11 Å². The van der Waals surface area contributed by atoms with Gasteiger partial charge in [0.2, 0.25) is 0 Å². The predicted octanol–water partition coefficient (Wildman–Crippen LogP) is 3.20. The van der Waals surface area contributed by atoms with Crippen LogP contribution in [-0.2, 0) is 0 Å². The van der Waals surface area contributed by atoms with E-state index in [0.29, 0.717) is 0 Å². The minimum absolute atomic E-state index is 0.789. The molecular weight excluding hydrogens is 220 g/mol. The van der Waals surface area contributed by atoms with Crippen LogP contribution in [0.25, 0.3) is 11.0 Å². The lowest BCUT2D eigenvalue weighted by molar-refractivity contribution is 0.412. The van der Waals surface area contributed by atoms with Crippen LogP contribution in [0.1, 0.15) is 0 Å². The van der Waals surface area contributed by atoms with Gasteiger partial charge in [0, 0.05) is 11.5 Å². The van der Waals surface area contributed by atoms with E-state index in [9.17, 15) is 0 Å². The highest BCUT2D eigenvalue weighted by Gasteiger charge is 2.03. The van der Waals surface area contributed by atoms with Crippen LogP contribution in [0.15, 0.2) is 33.4 Å². The van der Waals surface area contributed by atoms with Gasteiger partial charge in [-0.25, -0.2) is 0 Å². The van der Waals surface area contributed by atoms with E-state index in [4.69, 9.17) is 9.15 Å². The molecule has 0 spiro atoms. The van der Waals surface area contributed by atoms with E-state index in [2.05, 4.69) is 15.9 Å². The van der Waals surface area contributed by atoms with Gasteiger partial charge in [0.1, 0.15) is 11.3 Å². The summed E-state index contributed by atoms with van der Waals surface area (Å²) in [5.41, 5.74) is 0.843. The Bertz CT molecular complexity index is 406. The number of ether oxygens (including phenoxy) is 1. The molecule has 2 nitrogen and oxygen atoms in total. The first kappa shape index (κ1) is 7.68. The molecule has 2 aromatic rings. The van der Waals surface area contributed by atoms with E-state index in [1.807, 2.05) is 18.2 Å². The molecule has 0 unspecified atom stereocenters. The molecule has 0 saturated heterocycles. The Kier molecular flexibility index (Phi) is 1.81. The zero-order chi connectivity index (χ0) is 8.55. The van der Waals surface area contributed by atoms with E-state index in [-0.39, 0.29) is 0 Å². The number of methoxy groups -OCH3 is 1. The van der Waals surface area contributed by atoms with Crippen molar-refractivity contribution in [3.05, 3.63) is 28.9 Å². The molecule has 0 N–H and O–H groups in total. The van der Waals surface area contributed by atoms with Crippen molar-refractivity contribution in [3.8, 4) is 5.75 Å². The molecule has 0 aliphatic carbocycles. The van der Waals surface area contributed by atoms with E-state index in [1.165, 1.54) is 0 Å². The molecule has 0 aliphatic heterocycles. The smallest absolute Gasteiger partial charge is 0.137 e. The summed E-state index contributed by atoms with van der Waals surface area (Å²) in [5.74, 6) is 0.789. The van der Waals surface area contributed by atoms with Gasteiger partial charge in [0.05, 0.1) is 17.8 Å². The van der Waals surface area contributed by atoms with E-state index in [1.54, 1.807) is 13.4 Å². The minimum atomic E-state index is 0.789. The summed E-state index contributed by atoms with van der Waals surface area (Å²) in [6.45, 7) is 0. The third kappa shape index (κ3) is 1.10. The van der Waals surface area contributed by atoms with Crippen molar-refractivity contribution < 1.29 is 9.15 Å². The van der Waals surface area contributed by atoms with Crippen LogP contribution < -0.4 is 4.74 Å². The topological polar surface area (TPSA) is 22.4 Å². The molecule has 0 aliphatic rings. The highest BCUT2D eigenvalue weighted by atomic mass is 79.9. The van der Waals surface area contributed by atoms with Crippen molar-refractivity contribution in [2.75, 3.05) is 7.11 Å². The molecule has 1 heterocycles. The number of fused-ring (bicyclic) bond motifs is 1. The summed E-state index contributed by atoms with van der Waals surface area (Å²) in [6, 6.07) is 5.75. The average Bonchev–Trinajstić information content (AvgIpc) is 2.49. The van der Waals surface area contributed by atoms with Gasteiger partial charge >= 0.3 is 0 Å². The summed E-state index contributed by atoms with van der Waals surface area (Å²) in [6.07, 6.45) is 1.66. The number of hydrogen-bond donors (Lipinski definition) is 0. The van der Waals surface area contributed by atoms with Gasteiger partial charge in [-0.05, 0) is 28.1 Å². The lowest BCUT2D eigenvalue weighted by atomic mass is 10.2. The van der Waals surface area contributed by atoms with Crippen LogP contribution in [0, 0.1) is 0 Å². The van der Waals surface area contributed by atoms with Crippen LogP contribution in [0.5, 0.6) is 5.75 Å². The maximum atomic E-state index is 5.21. The highest BCUT2D eigenvalue weighted by Crippen LogP contribution is 2.30. The van der Waals surface area contributed by atoms with Gasteiger partial charge in [0.25, 0.3) is 0 Å². The van der Waals surface area contributed by atoms with Crippen molar-refractivity contribution in [3.63, 3.8) is 0 Å². The fourth-order valence-electron chi connectivity index (χ4n) is 1.12. The Morgan fingerprint density at radius 1 is 1.42 bits per heavy atom. The molecule has 0 saturated carbocycles. The Morgan fingerprint density at radius 3 is 3.00 bits per heavy atom. The van der Waals surface area contributed by atoms with Crippen molar-refractivity contribution in [2.24, 2.45) is 0 Å². The summed E-state index contributed by atoms with van der Waals surface area (Å²) in [5, 5.41) is 1.07. The van der Waals surface area contributed by atoms with Crippen molar-refractivity contribution in [1.82, 2.24) is 0 Å². The molecule has 0 radical (unpaired) electrons. The SMILES string of the molecule is COc1cc2occc2cc1Br. The maximum Gasteiger partial charge on any atom is 0.137 e. The number of furan rings is 1. The number of rotatable bonds is 1. The molecule has 1 aromatic heterocycles. The summed E-state index contributed by atoms with van der Waals surface area (Å²) in [4.78, 5) is 0. The average molecular weight is 227 g/mol. The summed E-state index contributed by atoms with van der Waals surface area (Å²) < 4.78 is 11.3. The molecular formula is C9H7BrO2.